The molecule has 0 bridgehead atoms. The first-order valence-electron chi connectivity index (χ1n) is 9.07. The lowest BCUT2D eigenvalue weighted by Crippen LogP contribution is -2.29. The second-order valence-corrected chi connectivity index (χ2v) is 8.25. The van der Waals surface area contributed by atoms with E-state index in [0.29, 0.717) is 23.4 Å². The molecule has 0 saturated heterocycles. The van der Waals surface area contributed by atoms with Crippen LogP contribution in [0.2, 0.25) is 0 Å². The maximum absolute atomic E-state index is 12.7. The minimum absolute atomic E-state index is 0.304. The lowest BCUT2D eigenvalue weighted by Gasteiger charge is -2.16. The molecule has 1 atom stereocenters. The molecule has 0 fully saturated rings. The normalized spacial score (nSPS) is 12.9. The third kappa shape index (κ3) is 4.25. The highest BCUT2D eigenvalue weighted by Crippen LogP contribution is 2.26. The van der Waals surface area contributed by atoms with E-state index in [9.17, 15) is 9.59 Å². The van der Waals surface area contributed by atoms with Gasteiger partial charge in [-0.05, 0) is 50.6 Å². The summed E-state index contributed by atoms with van der Waals surface area (Å²) in [6, 6.07) is 12.5. The number of aryl methyl sites for hydroxylation is 1. The van der Waals surface area contributed by atoms with Gasteiger partial charge in [0.05, 0.1) is 16.8 Å². The van der Waals surface area contributed by atoms with Crippen molar-refractivity contribution in [1.29, 1.82) is 0 Å². The molecule has 0 aliphatic carbocycles. The number of thiazole rings is 1. The number of hydrogen-bond acceptors (Lipinski definition) is 4. The molecule has 0 radical (unpaired) electrons. The SMILES string of the molecule is CCOC(=O)C(CC)n1c(=NC(=O)c2ccc(C)cc2)sc2cc(Br)ccc21. The molecule has 0 aliphatic heterocycles. The van der Waals surface area contributed by atoms with Crippen LogP contribution in [0.1, 0.15) is 42.2 Å². The van der Waals surface area contributed by atoms with E-state index in [4.69, 9.17) is 4.74 Å². The summed E-state index contributed by atoms with van der Waals surface area (Å²) in [5.74, 6) is -0.657. The molecule has 146 valence electrons. The van der Waals surface area contributed by atoms with Crippen LogP contribution in [0.5, 0.6) is 0 Å². The smallest absolute Gasteiger partial charge is 0.329 e. The van der Waals surface area contributed by atoms with Crippen molar-refractivity contribution in [3.8, 4) is 0 Å². The maximum atomic E-state index is 12.7. The van der Waals surface area contributed by atoms with Crippen molar-refractivity contribution in [1.82, 2.24) is 4.57 Å². The molecular formula is C21H21BrN2O3S. The molecule has 0 spiro atoms. The molecule has 7 heteroatoms. The zero-order chi connectivity index (χ0) is 20.3. The number of hydrogen-bond donors (Lipinski definition) is 0. The average Bonchev–Trinajstić information content (AvgIpc) is 3.00. The Hall–Kier alpha value is -2.25. The van der Waals surface area contributed by atoms with Gasteiger partial charge in [0.2, 0.25) is 0 Å². The summed E-state index contributed by atoms with van der Waals surface area (Å²) in [7, 11) is 0. The summed E-state index contributed by atoms with van der Waals surface area (Å²) in [5.41, 5.74) is 2.44. The van der Waals surface area contributed by atoms with Crippen molar-refractivity contribution in [2.45, 2.75) is 33.2 Å². The first-order valence-corrected chi connectivity index (χ1v) is 10.7. The lowest BCUT2D eigenvalue weighted by atomic mass is 10.1. The monoisotopic (exact) mass is 460 g/mol. The van der Waals surface area contributed by atoms with Gasteiger partial charge in [0.25, 0.3) is 5.91 Å². The summed E-state index contributed by atoms with van der Waals surface area (Å²) in [4.78, 5) is 30.1. The zero-order valence-corrected chi connectivity index (χ0v) is 18.3. The van der Waals surface area contributed by atoms with Crippen LogP contribution in [-0.4, -0.2) is 23.1 Å². The summed E-state index contributed by atoms with van der Waals surface area (Å²) in [6.45, 7) is 5.97. The molecule has 2 aromatic carbocycles. The molecule has 3 aromatic rings. The Balaban J connectivity index is 2.19. The van der Waals surface area contributed by atoms with Gasteiger partial charge in [-0.1, -0.05) is 51.9 Å². The highest BCUT2D eigenvalue weighted by molar-refractivity contribution is 9.10. The number of esters is 1. The van der Waals surface area contributed by atoms with Crippen molar-refractivity contribution in [3.05, 3.63) is 62.9 Å². The Morgan fingerprint density at radius 2 is 1.89 bits per heavy atom. The molecule has 28 heavy (non-hydrogen) atoms. The van der Waals surface area contributed by atoms with E-state index in [0.717, 1.165) is 20.3 Å². The zero-order valence-electron chi connectivity index (χ0n) is 15.9. The highest BCUT2D eigenvalue weighted by Gasteiger charge is 2.24. The number of fused-ring (bicyclic) bond motifs is 1. The fraction of sp³-hybridized carbons (Fsp3) is 0.286. The summed E-state index contributed by atoms with van der Waals surface area (Å²) in [6.07, 6.45) is 0.534. The van der Waals surface area contributed by atoms with Crippen molar-refractivity contribution in [3.63, 3.8) is 0 Å². The standard InChI is InChI=1S/C21H21BrN2O3S/c1-4-16(20(26)27-5-2)24-17-11-10-15(22)12-18(17)28-21(24)23-19(25)14-8-6-13(3)7-9-14/h6-12,16H,4-5H2,1-3H3. The molecule has 0 saturated carbocycles. The number of nitrogens with zero attached hydrogens (tertiary/aromatic N) is 2. The fourth-order valence-electron chi connectivity index (χ4n) is 2.94. The second kappa shape index (κ2) is 8.84. The van der Waals surface area contributed by atoms with Crippen molar-refractivity contribution in [2.75, 3.05) is 6.61 Å². The second-order valence-electron chi connectivity index (χ2n) is 6.33. The van der Waals surface area contributed by atoms with E-state index in [1.165, 1.54) is 11.3 Å². The lowest BCUT2D eigenvalue weighted by molar-refractivity contribution is -0.147. The number of ether oxygens (including phenoxy) is 1. The van der Waals surface area contributed by atoms with E-state index in [1.54, 1.807) is 19.1 Å². The molecule has 1 amide bonds. The van der Waals surface area contributed by atoms with Crippen molar-refractivity contribution < 1.29 is 14.3 Å². The van der Waals surface area contributed by atoms with Crippen LogP contribution >= 0.6 is 27.3 Å². The van der Waals surface area contributed by atoms with Crippen LogP contribution in [0.25, 0.3) is 10.2 Å². The first-order chi connectivity index (χ1) is 13.4. The van der Waals surface area contributed by atoms with Gasteiger partial charge in [-0.3, -0.25) is 4.79 Å². The Morgan fingerprint density at radius 3 is 2.54 bits per heavy atom. The number of halogens is 1. The first kappa shape index (κ1) is 20.5. The largest absolute Gasteiger partial charge is 0.464 e. The van der Waals surface area contributed by atoms with E-state index in [-0.39, 0.29) is 11.9 Å². The van der Waals surface area contributed by atoms with E-state index < -0.39 is 6.04 Å². The number of amides is 1. The van der Waals surface area contributed by atoms with E-state index >= 15 is 0 Å². The molecule has 1 heterocycles. The van der Waals surface area contributed by atoms with Crippen LogP contribution in [0.15, 0.2) is 51.9 Å². The molecule has 1 unspecified atom stereocenters. The molecule has 1 aromatic heterocycles. The van der Waals surface area contributed by atoms with Crippen molar-refractivity contribution in [2.24, 2.45) is 4.99 Å². The van der Waals surface area contributed by atoms with Gasteiger partial charge in [0.1, 0.15) is 6.04 Å². The Labute approximate surface area is 175 Å². The minimum atomic E-state index is -0.542. The van der Waals surface area contributed by atoms with E-state index in [1.807, 2.05) is 48.7 Å². The van der Waals surface area contributed by atoms with Crippen LogP contribution in [0, 0.1) is 6.92 Å². The molecule has 0 aliphatic rings. The van der Waals surface area contributed by atoms with Gasteiger partial charge in [0.15, 0.2) is 4.80 Å². The van der Waals surface area contributed by atoms with Gasteiger partial charge in [-0.2, -0.15) is 4.99 Å². The number of aromatic nitrogens is 1. The topological polar surface area (TPSA) is 60.7 Å². The predicted molar refractivity (Wildman–Crippen MR) is 115 cm³/mol. The van der Waals surface area contributed by atoms with Crippen molar-refractivity contribution >= 4 is 49.4 Å². The predicted octanol–water partition coefficient (Wildman–Crippen LogP) is 5.03. The summed E-state index contributed by atoms with van der Waals surface area (Å²) < 4.78 is 8.94. The number of carbonyl (C=O) groups is 2. The van der Waals surface area contributed by atoms with Gasteiger partial charge in [-0.25, -0.2) is 4.79 Å². The van der Waals surface area contributed by atoms with Gasteiger partial charge in [-0.15, -0.1) is 0 Å². The average molecular weight is 461 g/mol. The van der Waals surface area contributed by atoms with Gasteiger partial charge >= 0.3 is 5.97 Å². The third-order valence-electron chi connectivity index (χ3n) is 4.34. The minimum Gasteiger partial charge on any atom is -0.464 e. The van der Waals surface area contributed by atoms with Gasteiger partial charge < -0.3 is 9.30 Å². The Kier molecular flexibility index (Phi) is 6.46. The van der Waals surface area contributed by atoms with Crippen LogP contribution in [-0.2, 0) is 9.53 Å². The van der Waals surface area contributed by atoms with Crippen LogP contribution in [0.3, 0.4) is 0 Å². The third-order valence-corrected chi connectivity index (χ3v) is 5.85. The number of carbonyl (C=O) groups excluding carboxylic acids is 2. The van der Waals surface area contributed by atoms with Crippen LogP contribution < -0.4 is 4.80 Å². The Bertz CT molecular complexity index is 1080. The summed E-state index contributed by atoms with van der Waals surface area (Å²) >= 11 is 4.86. The molecule has 5 nitrogen and oxygen atoms in total. The quantitative estimate of drug-likeness (QED) is 0.501. The number of benzene rings is 2. The van der Waals surface area contributed by atoms with Crippen LogP contribution in [0.4, 0.5) is 0 Å². The summed E-state index contributed by atoms with van der Waals surface area (Å²) in [5, 5.41) is 0. The van der Waals surface area contributed by atoms with E-state index in [2.05, 4.69) is 20.9 Å². The Morgan fingerprint density at radius 1 is 1.18 bits per heavy atom. The highest BCUT2D eigenvalue weighted by atomic mass is 79.9. The maximum Gasteiger partial charge on any atom is 0.329 e. The number of rotatable bonds is 5. The molecule has 3 rings (SSSR count). The fourth-order valence-corrected chi connectivity index (χ4v) is 4.56. The molecular weight excluding hydrogens is 440 g/mol. The van der Waals surface area contributed by atoms with Gasteiger partial charge in [0, 0.05) is 10.0 Å². The molecule has 0 N–H and O–H groups in total.